The first-order chi connectivity index (χ1) is 5.88. The highest BCUT2D eigenvalue weighted by Crippen LogP contribution is 2.33. The van der Waals surface area contributed by atoms with E-state index in [4.69, 9.17) is 9.84 Å². The van der Waals surface area contributed by atoms with E-state index >= 15 is 0 Å². The van der Waals surface area contributed by atoms with E-state index in [9.17, 15) is 10.2 Å². The highest BCUT2D eigenvalue weighted by molar-refractivity contribution is 4.95. The van der Waals surface area contributed by atoms with Crippen molar-refractivity contribution in [1.82, 2.24) is 0 Å². The molecule has 0 aromatic heterocycles. The highest BCUT2D eigenvalue weighted by atomic mass is 16.6. The van der Waals surface area contributed by atoms with Gasteiger partial charge in [0.2, 0.25) is 0 Å². The number of ether oxygens (including phenoxy) is 1. The monoisotopic (exact) mass is 190 g/mol. The molecule has 4 atom stereocenters. The predicted octanol–water partition coefficient (Wildman–Crippen LogP) is -0.486. The second-order valence-corrected chi connectivity index (χ2v) is 4.62. The molecule has 0 spiro atoms. The van der Waals surface area contributed by atoms with E-state index in [1.165, 1.54) is 0 Å². The Kier molecular flexibility index (Phi) is 2.97. The van der Waals surface area contributed by atoms with Crippen LogP contribution in [-0.4, -0.2) is 46.3 Å². The summed E-state index contributed by atoms with van der Waals surface area (Å²) in [5, 5.41) is 27.9. The van der Waals surface area contributed by atoms with Crippen LogP contribution in [-0.2, 0) is 4.74 Å². The number of aliphatic hydroxyl groups is 3. The van der Waals surface area contributed by atoms with E-state index in [2.05, 4.69) is 0 Å². The van der Waals surface area contributed by atoms with Crippen LogP contribution in [0.1, 0.15) is 20.8 Å². The molecular weight excluding hydrogens is 172 g/mol. The second-order valence-electron chi connectivity index (χ2n) is 4.62. The largest absolute Gasteiger partial charge is 0.394 e. The van der Waals surface area contributed by atoms with Crippen LogP contribution in [0.2, 0.25) is 0 Å². The van der Waals surface area contributed by atoms with Gasteiger partial charge in [0.05, 0.1) is 12.7 Å². The van der Waals surface area contributed by atoms with Crippen LogP contribution in [0.15, 0.2) is 0 Å². The molecule has 0 aromatic carbocycles. The fraction of sp³-hybridized carbons (Fsp3) is 1.00. The maximum absolute atomic E-state index is 9.61. The van der Waals surface area contributed by atoms with E-state index in [1.807, 2.05) is 20.8 Å². The van der Waals surface area contributed by atoms with Crippen LogP contribution in [0.4, 0.5) is 0 Å². The van der Waals surface area contributed by atoms with Gasteiger partial charge in [0, 0.05) is 0 Å². The number of hydrogen-bond donors (Lipinski definition) is 3. The van der Waals surface area contributed by atoms with Crippen LogP contribution >= 0.6 is 0 Å². The van der Waals surface area contributed by atoms with Crippen molar-refractivity contribution in [2.45, 2.75) is 45.2 Å². The molecule has 1 aliphatic heterocycles. The molecule has 1 aliphatic rings. The molecule has 1 saturated heterocycles. The smallest absolute Gasteiger partial charge is 0.111 e. The van der Waals surface area contributed by atoms with Gasteiger partial charge in [0.15, 0.2) is 0 Å². The third-order valence-electron chi connectivity index (χ3n) is 2.40. The SMILES string of the molecule is CC(C)(C)C1OC(CO)C(O)C1O. The molecule has 13 heavy (non-hydrogen) atoms. The zero-order valence-electron chi connectivity index (χ0n) is 8.27. The van der Waals surface area contributed by atoms with E-state index in [-0.39, 0.29) is 12.0 Å². The summed E-state index contributed by atoms with van der Waals surface area (Å²) in [6.45, 7) is 5.51. The average molecular weight is 190 g/mol. The Morgan fingerprint density at radius 3 is 1.92 bits per heavy atom. The fourth-order valence-electron chi connectivity index (χ4n) is 1.62. The summed E-state index contributed by atoms with van der Waals surface area (Å²) < 4.78 is 5.35. The van der Waals surface area contributed by atoms with E-state index in [0.29, 0.717) is 0 Å². The highest BCUT2D eigenvalue weighted by Gasteiger charge is 2.47. The van der Waals surface area contributed by atoms with Crippen molar-refractivity contribution in [2.24, 2.45) is 5.41 Å². The zero-order chi connectivity index (χ0) is 10.2. The minimum atomic E-state index is -0.978. The topological polar surface area (TPSA) is 69.9 Å². The van der Waals surface area contributed by atoms with Gasteiger partial charge in [-0.25, -0.2) is 0 Å². The van der Waals surface area contributed by atoms with Gasteiger partial charge in [-0.3, -0.25) is 0 Å². The molecule has 3 N–H and O–H groups in total. The van der Waals surface area contributed by atoms with Crippen molar-refractivity contribution in [3.05, 3.63) is 0 Å². The van der Waals surface area contributed by atoms with Crippen molar-refractivity contribution in [1.29, 1.82) is 0 Å². The molecule has 0 radical (unpaired) electrons. The number of aliphatic hydroxyl groups excluding tert-OH is 3. The molecular formula is C9H18O4. The van der Waals surface area contributed by atoms with Crippen LogP contribution in [0.5, 0.6) is 0 Å². The average Bonchev–Trinajstić information content (AvgIpc) is 2.28. The Hall–Kier alpha value is -0.160. The zero-order valence-corrected chi connectivity index (χ0v) is 8.27. The maximum Gasteiger partial charge on any atom is 0.111 e. The lowest BCUT2D eigenvalue weighted by Crippen LogP contribution is -2.39. The summed E-state index contributed by atoms with van der Waals surface area (Å²) in [7, 11) is 0. The minimum Gasteiger partial charge on any atom is -0.394 e. The Morgan fingerprint density at radius 1 is 1.15 bits per heavy atom. The predicted molar refractivity (Wildman–Crippen MR) is 47.2 cm³/mol. The Balaban J connectivity index is 2.71. The lowest BCUT2D eigenvalue weighted by Gasteiger charge is -2.28. The number of hydrogen-bond acceptors (Lipinski definition) is 4. The molecule has 0 amide bonds. The van der Waals surface area contributed by atoms with E-state index in [1.54, 1.807) is 0 Å². The molecule has 0 bridgehead atoms. The third kappa shape index (κ3) is 2.02. The third-order valence-corrected chi connectivity index (χ3v) is 2.40. The van der Waals surface area contributed by atoms with Gasteiger partial charge in [-0.2, -0.15) is 0 Å². The molecule has 0 saturated carbocycles. The Bertz CT molecular complexity index is 175. The van der Waals surface area contributed by atoms with Gasteiger partial charge in [-0.05, 0) is 5.41 Å². The van der Waals surface area contributed by atoms with Crippen LogP contribution in [0, 0.1) is 5.41 Å². The van der Waals surface area contributed by atoms with Crippen molar-refractivity contribution >= 4 is 0 Å². The van der Waals surface area contributed by atoms with Gasteiger partial charge >= 0.3 is 0 Å². The van der Waals surface area contributed by atoms with Gasteiger partial charge in [0.1, 0.15) is 18.3 Å². The van der Waals surface area contributed by atoms with Gasteiger partial charge in [0.25, 0.3) is 0 Å². The first-order valence-corrected chi connectivity index (χ1v) is 4.50. The summed E-state index contributed by atoms with van der Waals surface area (Å²) >= 11 is 0. The quantitative estimate of drug-likeness (QED) is 0.522. The van der Waals surface area contributed by atoms with Gasteiger partial charge in [-0.15, -0.1) is 0 Å². The van der Waals surface area contributed by atoms with Crippen LogP contribution in [0.25, 0.3) is 0 Å². The normalized spacial score (nSPS) is 41.1. The van der Waals surface area contributed by atoms with Crippen molar-refractivity contribution < 1.29 is 20.1 Å². The summed E-state index contributed by atoms with van der Waals surface area (Å²) in [6, 6.07) is 0. The van der Waals surface area contributed by atoms with Gasteiger partial charge < -0.3 is 20.1 Å². The summed E-state index contributed by atoms with van der Waals surface area (Å²) in [5.74, 6) is 0. The number of rotatable bonds is 1. The Labute approximate surface area is 78.1 Å². The van der Waals surface area contributed by atoms with Crippen molar-refractivity contribution in [2.75, 3.05) is 6.61 Å². The standard InChI is InChI=1S/C9H18O4/c1-9(2,3)8-7(12)6(11)5(4-10)13-8/h5-8,10-12H,4H2,1-3H3. The maximum atomic E-state index is 9.61. The molecule has 4 nitrogen and oxygen atoms in total. The van der Waals surface area contributed by atoms with Crippen LogP contribution < -0.4 is 0 Å². The first kappa shape index (κ1) is 10.9. The fourth-order valence-corrected chi connectivity index (χ4v) is 1.62. The second kappa shape index (κ2) is 3.53. The summed E-state index contributed by atoms with van der Waals surface area (Å²) in [6.07, 6.45) is -2.95. The Morgan fingerprint density at radius 2 is 1.69 bits per heavy atom. The van der Waals surface area contributed by atoms with E-state index < -0.39 is 24.4 Å². The van der Waals surface area contributed by atoms with Crippen LogP contribution in [0.3, 0.4) is 0 Å². The molecule has 0 aliphatic carbocycles. The molecule has 1 fully saturated rings. The molecule has 4 heteroatoms. The van der Waals surface area contributed by atoms with Crippen molar-refractivity contribution in [3.63, 3.8) is 0 Å². The lowest BCUT2D eigenvalue weighted by atomic mass is 9.85. The van der Waals surface area contributed by atoms with Gasteiger partial charge in [-0.1, -0.05) is 20.8 Å². The minimum absolute atomic E-state index is 0.232. The molecule has 1 heterocycles. The molecule has 1 rings (SSSR count). The van der Waals surface area contributed by atoms with Crippen molar-refractivity contribution in [3.8, 4) is 0 Å². The first-order valence-electron chi connectivity index (χ1n) is 4.50. The molecule has 78 valence electrons. The van der Waals surface area contributed by atoms with E-state index in [0.717, 1.165) is 0 Å². The molecule has 0 aromatic rings. The lowest BCUT2D eigenvalue weighted by molar-refractivity contribution is -0.0638. The summed E-state index contributed by atoms with van der Waals surface area (Å²) in [4.78, 5) is 0. The molecule has 4 unspecified atom stereocenters. The summed E-state index contributed by atoms with van der Waals surface area (Å²) in [5.41, 5.74) is -0.232.